The zero-order chi connectivity index (χ0) is 11.0. The Kier molecular flexibility index (Phi) is 2.80. The number of oxazole rings is 1. The van der Waals surface area contributed by atoms with Crippen LogP contribution in [0.5, 0.6) is 0 Å². The molecule has 2 aromatic rings. The number of nitrogens with two attached hydrogens (primary N) is 1. The van der Waals surface area contributed by atoms with Crippen LogP contribution in [0, 0.1) is 6.92 Å². The molecule has 0 saturated carbocycles. The Morgan fingerprint density at radius 1 is 1.53 bits per heavy atom. The lowest BCUT2D eigenvalue weighted by Crippen LogP contribution is -2.08. The molecular formula is C11H13BrN2O. The number of hydrogen-bond acceptors (Lipinski definition) is 3. The zero-order valence-corrected chi connectivity index (χ0v) is 10.3. The fourth-order valence-electron chi connectivity index (χ4n) is 1.54. The van der Waals surface area contributed by atoms with Gasteiger partial charge in [0.2, 0.25) is 0 Å². The van der Waals surface area contributed by atoms with Crippen LogP contribution in [0.15, 0.2) is 21.0 Å². The molecule has 0 spiro atoms. The van der Waals surface area contributed by atoms with Crippen molar-refractivity contribution in [2.24, 2.45) is 5.73 Å². The van der Waals surface area contributed by atoms with Crippen molar-refractivity contribution >= 4 is 27.0 Å². The molecule has 1 atom stereocenters. The second-order valence-electron chi connectivity index (χ2n) is 3.72. The normalized spacial score (nSPS) is 13.3. The highest BCUT2D eigenvalue weighted by atomic mass is 79.9. The number of nitrogens with zero attached hydrogens (tertiary/aromatic N) is 1. The second-order valence-corrected chi connectivity index (χ2v) is 4.57. The van der Waals surface area contributed by atoms with E-state index < -0.39 is 0 Å². The Hall–Kier alpha value is -0.870. The fourth-order valence-corrected chi connectivity index (χ4v) is 2.09. The zero-order valence-electron chi connectivity index (χ0n) is 8.75. The first kappa shape index (κ1) is 10.6. The molecule has 1 unspecified atom stereocenters. The van der Waals surface area contributed by atoms with E-state index >= 15 is 0 Å². The number of benzene rings is 1. The van der Waals surface area contributed by atoms with Gasteiger partial charge in [0.25, 0.3) is 0 Å². The van der Waals surface area contributed by atoms with Gasteiger partial charge in [0.15, 0.2) is 11.5 Å². The molecule has 1 heterocycles. The summed E-state index contributed by atoms with van der Waals surface area (Å²) in [5, 5.41) is 0. The van der Waals surface area contributed by atoms with E-state index in [0.717, 1.165) is 15.6 Å². The Labute approximate surface area is 96.8 Å². The highest BCUT2D eigenvalue weighted by Crippen LogP contribution is 2.29. The molecule has 0 aliphatic carbocycles. The van der Waals surface area contributed by atoms with Gasteiger partial charge in [-0.15, -0.1) is 0 Å². The number of hydrogen-bond donors (Lipinski definition) is 1. The number of aryl methyl sites for hydroxylation is 1. The fraction of sp³-hybridized carbons (Fsp3) is 0.364. The van der Waals surface area contributed by atoms with Crippen molar-refractivity contribution in [3.05, 3.63) is 28.1 Å². The number of aromatic nitrogens is 1. The summed E-state index contributed by atoms with van der Waals surface area (Å²) >= 11 is 3.48. The minimum Gasteiger partial charge on any atom is -0.440 e. The third-order valence-corrected chi connectivity index (χ3v) is 3.09. The van der Waals surface area contributed by atoms with Crippen molar-refractivity contribution in [3.63, 3.8) is 0 Å². The van der Waals surface area contributed by atoms with Crippen molar-refractivity contribution in [2.45, 2.75) is 19.8 Å². The summed E-state index contributed by atoms with van der Waals surface area (Å²) in [6.07, 6.45) is 0. The summed E-state index contributed by atoms with van der Waals surface area (Å²) in [7, 11) is 0. The van der Waals surface area contributed by atoms with Gasteiger partial charge < -0.3 is 10.2 Å². The molecule has 3 nitrogen and oxygen atoms in total. The molecule has 15 heavy (non-hydrogen) atoms. The summed E-state index contributed by atoms with van der Waals surface area (Å²) in [6, 6.07) is 4.08. The molecule has 0 radical (unpaired) electrons. The molecule has 2 rings (SSSR count). The molecule has 0 bridgehead atoms. The van der Waals surface area contributed by atoms with Gasteiger partial charge in [0, 0.05) is 6.92 Å². The maximum atomic E-state index is 5.64. The van der Waals surface area contributed by atoms with E-state index in [4.69, 9.17) is 10.2 Å². The van der Waals surface area contributed by atoms with Crippen LogP contribution in [0.25, 0.3) is 11.1 Å². The highest BCUT2D eigenvalue weighted by Gasteiger charge is 2.11. The van der Waals surface area contributed by atoms with Crippen LogP contribution in [-0.4, -0.2) is 11.5 Å². The van der Waals surface area contributed by atoms with E-state index in [1.807, 2.05) is 19.1 Å². The van der Waals surface area contributed by atoms with Crippen molar-refractivity contribution in [2.75, 3.05) is 6.54 Å². The van der Waals surface area contributed by atoms with Gasteiger partial charge >= 0.3 is 0 Å². The van der Waals surface area contributed by atoms with Gasteiger partial charge in [-0.1, -0.05) is 6.92 Å². The molecule has 1 aromatic heterocycles. The first-order valence-corrected chi connectivity index (χ1v) is 5.67. The molecule has 2 N–H and O–H groups in total. The van der Waals surface area contributed by atoms with Crippen LogP contribution in [0.1, 0.15) is 24.3 Å². The third-order valence-electron chi connectivity index (χ3n) is 2.50. The maximum absolute atomic E-state index is 5.64. The summed E-state index contributed by atoms with van der Waals surface area (Å²) < 4.78 is 6.42. The summed E-state index contributed by atoms with van der Waals surface area (Å²) in [5.74, 6) is 1.02. The first-order valence-electron chi connectivity index (χ1n) is 4.88. The second kappa shape index (κ2) is 3.94. The standard InChI is InChI=1S/C11H13BrN2O/c1-6(5-13)8-3-9(12)11-10(4-8)14-7(2)15-11/h3-4,6H,5,13H2,1-2H3. The van der Waals surface area contributed by atoms with Crippen LogP contribution in [-0.2, 0) is 0 Å². The minimum atomic E-state index is 0.336. The highest BCUT2D eigenvalue weighted by molar-refractivity contribution is 9.10. The summed E-state index contributed by atoms with van der Waals surface area (Å²) in [5.41, 5.74) is 8.52. The maximum Gasteiger partial charge on any atom is 0.192 e. The molecule has 0 saturated heterocycles. The van der Waals surface area contributed by atoms with E-state index in [9.17, 15) is 0 Å². The third kappa shape index (κ3) is 1.92. The number of rotatable bonds is 2. The van der Waals surface area contributed by atoms with Crippen molar-refractivity contribution in [3.8, 4) is 0 Å². The van der Waals surface area contributed by atoms with Gasteiger partial charge in [0.1, 0.15) is 5.52 Å². The van der Waals surface area contributed by atoms with Crippen LogP contribution in [0.2, 0.25) is 0 Å². The average Bonchev–Trinajstić information content (AvgIpc) is 2.58. The lowest BCUT2D eigenvalue weighted by Gasteiger charge is -2.08. The van der Waals surface area contributed by atoms with Crippen LogP contribution in [0.3, 0.4) is 0 Å². The van der Waals surface area contributed by atoms with Crippen LogP contribution in [0.4, 0.5) is 0 Å². The molecule has 80 valence electrons. The smallest absolute Gasteiger partial charge is 0.192 e. The first-order chi connectivity index (χ1) is 7.11. The molecular weight excluding hydrogens is 256 g/mol. The molecule has 0 aliphatic heterocycles. The summed E-state index contributed by atoms with van der Waals surface area (Å²) in [6.45, 7) is 4.58. The van der Waals surface area contributed by atoms with Crippen LogP contribution >= 0.6 is 15.9 Å². The van der Waals surface area contributed by atoms with Gasteiger partial charge in [-0.2, -0.15) is 0 Å². The predicted molar refractivity (Wildman–Crippen MR) is 63.9 cm³/mol. The van der Waals surface area contributed by atoms with E-state index in [2.05, 4.69) is 27.8 Å². The van der Waals surface area contributed by atoms with Crippen molar-refractivity contribution in [1.29, 1.82) is 0 Å². The lowest BCUT2D eigenvalue weighted by atomic mass is 10.0. The lowest BCUT2D eigenvalue weighted by molar-refractivity contribution is 0.559. The van der Waals surface area contributed by atoms with Crippen molar-refractivity contribution in [1.82, 2.24) is 4.98 Å². The molecule has 0 fully saturated rings. The van der Waals surface area contributed by atoms with E-state index in [-0.39, 0.29) is 0 Å². The monoisotopic (exact) mass is 268 g/mol. The molecule has 4 heteroatoms. The van der Waals surface area contributed by atoms with Gasteiger partial charge in [-0.25, -0.2) is 4.98 Å². The average molecular weight is 269 g/mol. The van der Waals surface area contributed by atoms with E-state index in [1.54, 1.807) is 0 Å². The Bertz CT molecular complexity index is 493. The van der Waals surface area contributed by atoms with Crippen LogP contribution < -0.4 is 5.73 Å². The topological polar surface area (TPSA) is 52.0 Å². The van der Waals surface area contributed by atoms with Gasteiger partial charge in [0.05, 0.1) is 4.47 Å². The van der Waals surface area contributed by atoms with Gasteiger partial charge in [-0.05, 0) is 46.1 Å². The number of fused-ring (bicyclic) bond motifs is 1. The quantitative estimate of drug-likeness (QED) is 0.911. The predicted octanol–water partition coefficient (Wildman–Crippen LogP) is 2.96. The Morgan fingerprint density at radius 3 is 2.93 bits per heavy atom. The van der Waals surface area contributed by atoms with E-state index in [1.165, 1.54) is 5.56 Å². The number of halogens is 1. The molecule has 0 aliphatic rings. The summed E-state index contributed by atoms with van der Waals surface area (Å²) in [4.78, 5) is 4.31. The minimum absolute atomic E-state index is 0.336. The Balaban J connectivity index is 2.61. The van der Waals surface area contributed by atoms with Crippen molar-refractivity contribution < 1.29 is 4.42 Å². The van der Waals surface area contributed by atoms with Gasteiger partial charge in [-0.3, -0.25) is 0 Å². The van der Waals surface area contributed by atoms with E-state index in [0.29, 0.717) is 18.4 Å². The molecule has 1 aromatic carbocycles. The molecule has 0 amide bonds. The largest absolute Gasteiger partial charge is 0.440 e. The Morgan fingerprint density at radius 2 is 2.27 bits per heavy atom. The SMILES string of the molecule is Cc1nc2cc(C(C)CN)cc(Br)c2o1.